The molecule has 1 aliphatic heterocycles. The highest BCUT2D eigenvalue weighted by atomic mass is 32.2. The Kier molecular flexibility index (Phi) is 4.49. The van der Waals surface area contributed by atoms with Crippen molar-refractivity contribution in [2.75, 3.05) is 20.6 Å². The van der Waals surface area contributed by atoms with Gasteiger partial charge in [0.15, 0.2) is 5.82 Å². The van der Waals surface area contributed by atoms with Gasteiger partial charge in [-0.2, -0.15) is 0 Å². The van der Waals surface area contributed by atoms with E-state index >= 15 is 0 Å². The van der Waals surface area contributed by atoms with Crippen molar-refractivity contribution in [2.45, 2.75) is 24.4 Å². The van der Waals surface area contributed by atoms with E-state index in [2.05, 4.69) is 14.9 Å². The number of nitrogens with one attached hydrogen (secondary N) is 1. The lowest BCUT2D eigenvalue weighted by Gasteiger charge is -2.29. The molecule has 0 atom stereocenters. The molecule has 1 N–H and O–H groups in total. The van der Waals surface area contributed by atoms with Crippen molar-refractivity contribution < 1.29 is 12.8 Å². The first kappa shape index (κ1) is 18.1. The molecular formula is C19H21FN4O2S. The van der Waals surface area contributed by atoms with Crippen LogP contribution in [0.15, 0.2) is 41.3 Å². The first-order valence-corrected chi connectivity index (χ1v) is 10.2. The Morgan fingerprint density at radius 3 is 2.74 bits per heavy atom. The maximum Gasteiger partial charge on any atom is 0.242 e. The molecule has 0 saturated heterocycles. The minimum absolute atomic E-state index is 0.336. The molecule has 0 unspecified atom stereocenters. The topological polar surface area (TPSA) is 69.3 Å². The molecule has 2 aromatic carbocycles. The molecule has 0 bridgehead atoms. The summed E-state index contributed by atoms with van der Waals surface area (Å²) in [5, 5.41) is 0. The molecule has 3 aromatic rings. The molecule has 0 fully saturated rings. The van der Waals surface area contributed by atoms with Crippen LogP contribution in [-0.2, 0) is 29.5 Å². The number of sulfonamides is 1. The molecular weight excluding hydrogens is 367 g/mol. The average molecular weight is 388 g/mol. The first-order valence-electron chi connectivity index (χ1n) is 8.75. The normalized spacial score (nSPS) is 15.4. The molecule has 8 heteroatoms. The van der Waals surface area contributed by atoms with Crippen molar-refractivity contribution in [3.63, 3.8) is 0 Å². The van der Waals surface area contributed by atoms with E-state index in [0.29, 0.717) is 47.8 Å². The van der Waals surface area contributed by atoms with Gasteiger partial charge in [-0.15, -0.1) is 0 Å². The third-order valence-electron chi connectivity index (χ3n) is 4.95. The molecule has 1 aliphatic rings. The van der Waals surface area contributed by atoms with Gasteiger partial charge in [0.2, 0.25) is 10.0 Å². The number of imidazole rings is 1. The Morgan fingerprint density at radius 1 is 1.22 bits per heavy atom. The van der Waals surface area contributed by atoms with Gasteiger partial charge in [0.25, 0.3) is 0 Å². The lowest BCUT2D eigenvalue weighted by Crippen LogP contribution is -2.32. The summed E-state index contributed by atoms with van der Waals surface area (Å²) < 4.78 is 40.2. The van der Waals surface area contributed by atoms with Crippen LogP contribution in [-0.4, -0.2) is 48.2 Å². The molecule has 4 rings (SSSR count). The van der Waals surface area contributed by atoms with Gasteiger partial charge in [0, 0.05) is 27.2 Å². The average Bonchev–Trinajstić information content (AvgIpc) is 3.04. The Morgan fingerprint density at radius 2 is 2.00 bits per heavy atom. The monoisotopic (exact) mass is 388 g/mol. The fourth-order valence-electron chi connectivity index (χ4n) is 3.54. The molecule has 1 aromatic heterocycles. The maximum atomic E-state index is 13.8. The largest absolute Gasteiger partial charge is 0.341 e. The van der Waals surface area contributed by atoms with Crippen molar-refractivity contribution >= 4 is 21.1 Å². The fourth-order valence-corrected chi connectivity index (χ4v) is 4.73. The standard InChI is InChI=1S/C19H21FN4O2S/c1-23(2)27(25,26)17-8-3-5-13-11-24(10-9-14(13)17)12-18-21-16-7-4-6-15(20)19(16)22-18/h3-8H,9-12H2,1-2H3,(H,21,22). The number of aromatic nitrogens is 2. The highest BCUT2D eigenvalue weighted by Gasteiger charge is 2.26. The van der Waals surface area contributed by atoms with Crippen molar-refractivity contribution in [3.8, 4) is 0 Å². The van der Waals surface area contributed by atoms with Gasteiger partial charge in [-0.1, -0.05) is 18.2 Å². The first-order chi connectivity index (χ1) is 12.9. The van der Waals surface area contributed by atoms with Crippen LogP contribution in [0.5, 0.6) is 0 Å². The maximum absolute atomic E-state index is 13.8. The van der Waals surface area contributed by atoms with Crippen molar-refractivity contribution in [3.05, 3.63) is 59.2 Å². The number of rotatable bonds is 4. The van der Waals surface area contributed by atoms with Crippen LogP contribution >= 0.6 is 0 Å². The van der Waals surface area contributed by atoms with Crippen molar-refractivity contribution in [2.24, 2.45) is 0 Å². The number of nitrogens with zero attached hydrogens (tertiary/aromatic N) is 3. The van der Waals surface area contributed by atoms with E-state index in [1.165, 1.54) is 10.4 Å². The van der Waals surface area contributed by atoms with Crippen LogP contribution in [0.3, 0.4) is 0 Å². The third-order valence-corrected chi connectivity index (χ3v) is 6.85. The summed E-state index contributed by atoms with van der Waals surface area (Å²) in [5.41, 5.74) is 2.93. The van der Waals surface area contributed by atoms with Gasteiger partial charge < -0.3 is 4.98 Å². The molecule has 0 saturated carbocycles. The highest BCUT2D eigenvalue weighted by molar-refractivity contribution is 7.89. The Labute approximate surface area is 157 Å². The smallest absolute Gasteiger partial charge is 0.242 e. The Hall–Kier alpha value is -2.29. The number of para-hydroxylation sites is 1. The molecule has 0 radical (unpaired) electrons. The minimum atomic E-state index is -3.46. The van der Waals surface area contributed by atoms with Crippen LogP contribution in [0.1, 0.15) is 17.0 Å². The van der Waals surface area contributed by atoms with Crippen LogP contribution in [0.25, 0.3) is 11.0 Å². The molecule has 2 heterocycles. The van der Waals surface area contributed by atoms with E-state index in [0.717, 1.165) is 11.1 Å². The summed E-state index contributed by atoms with van der Waals surface area (Å²) in [6.07, 6.45) is 0.646. The predicted molar refractivity (Wildman–Crippen MR) is 101 cm³/mol. The number of benzene rings is 2. The second kappa shape index (κ2) is 6.70. The summed E-state index contributed by atoms with van der Waals surface area (Å²) in [7, 11) is -0.370. The predicted octanol–water partition coefficient (Wildman–Crippen LogP) is 2.51. The second-order valence-electron chi connectivity index (χ2n) is 6.96. The van der Waals surface area contributed by atoms with Gasteiger partial charge in [0.05, 0.1) is 17.0 Å². The number of halogens is 1. The zero-order valence-corrected chi connectivity index (χ0v) is 16.1. The summed E-state index contributed by atoms with van der Waals surface area (Å²) >= 11 is 0. The van der Waals surface area contributed by atoms with Crippen molar-refractivity contribution in [1.82, 2.24) is 19.2 Å². The van der Waals surface area contributed by atoms with Gasteiger partial charge in [-0.05, 0) is 35.7 Å². The summed E-state index contributed by atoms with van der Waals surface area (Å²) in [4.78, 5) is 10.1. The van der Waals surface area contributed by atoms with Gasteiger partial charge in [0.1, 0.15) is 11.3 Å². The van der Waals surface area contributed by atoms with E-state index in [1.54, 1.807) is 38.4 Å². The molecule has 0 aliphatic carbocycles. The van der Waals surface area contributed by atoms with E-state index in [-0.39, 0.29) is 5.82 Å². The molecule has 0 spiro atoms. The molecule has 6 nitrogen and oxygen atoms in total. The molecule has 142 valence electrons. The minimum Gasteiger partial charge on any atom is -0.341 e. The van der Waals surface area contributed by atoms with Crippen LogP contribution in [0.2, 0.25) is 0 Å². The summed E-state index contributed by atoms with van der Waals surface area (Å²) in [6.45, 7) is 1.90. The molecule has 0 amide bonds. The van der Waals surface area contributed by atoms with E-state index in [1.807, 2.05) is 6.07 Å². The fraction of sp³-hybridized carbons (Fsp3) is 0.316. The van der Waals surface area contributed by atoms with Crippen LogP contribution < -0.4 is 0 Å². The lowest BCUT2D eigenvalue weighted by atomic mass is 10.00. The Bertz CT molecular complexity index is 1110. The number of H-pyrrole nitrogens is 1. The number of hydrogen-bond donors (Lipinski definition) is 1. The Balaban J connectivity index is 1.59. The van der Waals surface area contributed by atoms with Crippen molar-refractivity contribution in [1.29, 1.82) is 0 Å². The zero-order chi connectivity index (χ0) is 19.2. The molecule has 27 heavy (non-hydrogen) atoms. The SMILES string of the molecule is CN(C)S(=O)(=O)c1cccc2c1CCN(Cc1nc3c(F)cccc3[nH]1)C2. The van der Waals surface area contributed by atoms with E-state index in [9.17, 15) is 12.8 Å². The lowest BCUT2D eigenvalue weighted by molar-refractivity contribution is 0.239. The van der Waals surface area contributed by atoms with E-state index < -0.39 is 10.0 Å². The third kappa shape index (κ3) is 3.24. The second-order valence-corrected chi connectivity index (χ2v) is 9.08. The number of fused-ring (bicyclic) bond motifs is 2. The summed E-state index contributed by atoms with van der Waals surface area (Å²) in [6, 6.07) is 10.3. The van der Waals surface area contributed by atoms with Gasteiger partial charge in [-0.3, -0.25) is 4.90 Å². The number of aromatic amines is 1. The van der Waals surface area contributed by atoms with Gasteiger partial charge in [-0.25, -0.2) is 22.1 Å². The highest BCUT2D eigenvalue weighted by Crippen LogP contribution is 2.28. The zero-order valence-electron chi connectivity index (χ0n) is 15.2. The summed E-state index contributed by atoms with van der Waals surface area (Å²) in [5.74, 6) is 0.369. The van der Waals surface area contributed by atoms with Crippen LogP contribution in [0.4, 0.5) is 4.39 Å². The quantitative estimate of drug-likeness (QED) is 0.746. The van der Waals surface area contributed by atoms with Crippen LogP contribution in [0, 0.1) is 5.82 Å². The van der Waals surface area contributed by atoms with E-state index in [4.69, 9.17) is 0 Å². The van der Waals surface area contributed by atoms with Gasteiger partial charge >= 0.3 is 0 Å². The number of hydrogen-bond acceptors (Lipinski definition) is 4.